The van der Waals surface area contributed by atoms with E-state index >= 15 is 0 Å². The number of hydrogen-bond acceptors (Lipinski definition) is 4. The molecular weight excluding hydrogens is 338 g/mol. The summed E-state index contributed by atoms with van der Waals surface area (Å²) in [6.45, 7) is 1.85. The third kappa shape index (κ3) is 2.87. The van der Waals surface area contributed by atoms with Gasteiger partial charge in [-0.2, -0.15) is 5.10 Å². The Kier molecular flexibility index (Phi) is 3.73. The van der Waals surface area contributed by atoms with Crippen molar-refractivity contribution in [1.82, 2.24) is 19.2 Å². The Bertz CT molecular complexity index is 1050. The lowest BCUT2D eigenvalue weighted by Gasteiger charge is -2.06. The minimum atomic E-state index is -1.45. The van der Waals surface area contributed by atoms with Crippen LogP contribution in [0.15, 0.2) is 66.0 Å². The van der Waals surface area contributed by atoms with E-state index in [1.807, 2.05) is 31.3 Å². The van der Waals surface area contributed by atoms with Gasteiger partial charge in [0, 0.05) is 12.4 Å². The molecule has 1 aromatic carbocycles. The van der Waals surface area contributed by atoms with E-state index in [9.17, 15) is 9.32 Å². The van der Waals surface area contributed by atoms with E-state index in [0.717, 1.165) is 11.4 Å². The van der Waals surface area contributed by atoms with E-state index in [0.29, 0.717) is 16.4 Å². The third-order valence-electron chi connectivity index (χ3n) is 3.85. The van der Waals surface area contributed by atoms with Gasteiger partial charge in [-0.3, -0.25) is 9.12 Å². The number of benzene rings is 1. The van der Waals surface area contributed by atoms with Gasteiger partial charge in [0.1, 0.15) is 11.4 Å². The Labute approximate surface area is 146 Å². The summed E-state index contributed by atoms with van der Waals surface area (Å²) < 4.78 is 19.0. The van der Waals surface area contributed by atoms with Crippen LogP contribution in [0.2, 0.25) is 0 Å². The van der Waals surface area contributed by atoms with Crippen molar-refractivity contribution in [3.05, 3.63) is 66.7 Å². The van der Waals surface area contributed by atoms with Crippen LogP contribution in [0.4, 0.5) is 5.82 Å². The number of pyridine rings is 1. The molecule has 0 aliphatic heterocycles. The average Bonchev–Trinajstić information content (AvgIpc) is 3.25. The highest BCUT2D eigenvalue weighted by Gasteiger charge is 2.12. The lowest BCUT2D eigenvalue weighted by atomic mass is 10.3. The topological polar surface area (TPSA) is 84.5 Å². The Morgan fingerprint density at radius 3 is 2.68 bits per heavy atom. The Morgan fingerprint density at radius 2 is 1.96 bits per heavy atom. The number of rotatable bonds is 4. The van der Waals surface area contributed by atoms with Crippen molar-refractivity contribution in [3.63, 3.8) is 0 Å². The van der Waals surface area contributed by atoms with Gasteiger partial charge >= 0.3 is 0 Å². The summed E-state index contributed by atoms with van der Waals surface area (Å²) in [6, 6.07) is 12.4. The number of nitrogens with zero attached hydrogens (tertiary/aromatic N) is 4. The summed E-state index contributed by atoms with van der Waals surface area (Å²) in [5.41, 5.74) is 2.33. The molecule has 0 aliphatic carbocycles. The number of imidazole rings is 1. The maximum Gasteiger partial charge on any atom is 0.160 e. The van der Waals surface area contributed by atoms with E-state index in [4.69, 9.17) is 0 Å². The van der Waals surface area contributed by atoms with Crippen LogP contribution in [0.3, 0.4) is 0 Å². The fraction of sp³-hybridized carbons (Fsp3) is 0.0588. The molecule has 0 aliphatic rings. The number of anilines is 1. The molecule has 1 unspecified atom stereocenters. The van der Waals surface area contributed by atoms with Crippen LogP contribution in [-0.2, 0) is 11.0 Å². The first-order chi connectivity index (χ1) is 12.1. The minimum Gasteiger partial charge on any atom is -0.506 e. The molecule has 4 aromatic rings. The largest absolute Gasteiger partial charge is 0.506 e. The molecular formula is C17H15N5O2S. The van der Waals surface area contributed by atoms with Crippen LogP contribution in [0.25, 0.3) is 11.3 Å². The highest BCUT2D eigenvalue weighted by atomic mass is 32.2. The van der Waals surface area contributed by atoms with Crippen molar-refractivity contribution in [2.75, 3.05) is 4.72 Å². The van der Waals surface area contributed by atoms with Crippen molar-refractivity contribution in [3.8, 4) is 11.4 Å². The fourth-order valence-electron chi connectivity index (χ4n) is 2.54. The van der Waals surface area contributed by atoms with Gasteiger partial charge in [0.05, 0.1) is 22.5 Å². The first-order valence-corrected chi connectivity index (χ1v) is 8.73. The molecule has 0 radical (unpaired) electrons. The monoisotopic (exact) mass is 353 g/mol. The van der Waals surface area contributed by atoms with Gasteiger partial charge in [0.2, 0.25) is 0 Å². The van der Waals surface area contributed by atoms with Crippen LogP contribution in [0, 0.1) is 6.92 Å². The first-order valence-electron chi connectivity index (χ1n) is 7.58. The molecule has 126 valence electrons. The summed E-state index contributed by atoms with van der Waals surface area (Å²) in [5, 5.41) is 13.8. The van der Waals surface area contributed by atoms with Crippen LogP contribution < -0.4 is 4.72 Å². The van der Waals surface area contributed by atoms with Crippen molar-refractivity contribution < 1.29 is 9.32 Å². The molecule has 3 heterocycles. The molecule has 7 nitrogen and oxygen atoms in total. The second-order valence-corrected chi connectivity index (χ2v) is 6.69. The van der Waals surface area contributed by atoms with Crippen LogP contribution in [0.5, 0.6) is 5.75 Å². The van der Waals surface area contributed by atoms with E-state index < -0.39 is 11.0 Å². The van der Waals surface area contributed by atoms with E-state index in [1.54, 1.807) is 45.7 Å². The molecule has 0 saturated carbocycles. The van der Waals surface area contributed by atoms with Gasteiger partial charge in [-0.15, -0.1) is 0 Å². The minimum absolute atomic E-state index is 0.148. The molecule has 4 rings (SSSR count). The van der Waals surface area contributed by atoms with Crippen molar-refractivity contribution in [1.29, 1.82) is 0 Å². The van der Waals surface area contributed by atoms with Crippen LogP contribution in [-0.4, -0.2) is 28.5 Å². The van der Waals surface area contributed by atoms with Gasteiger partial charge < -0.3 is 5.11 Å². The van der Waals surface area contributed by atoms with Gasteiger partial charge in [-0.1, -0.05) is 0 Å². The van der Waals surface area contributed by atoms with E-state index in [-0.39, 0.29) is 5.75 Å². The predicted octanol–water partition coefficient (Wildman–Crippen LogP) is 2.67. The lowest BCUT2D eigenvalue weighted by molar-refractivity contribution is 0.472. The number of aromatic hydroxyl groups is 1. The Balaban J connectivity index is 1.59. The number of fused-ring (bicyclic) bond motifs is 1. The number of nitrogens with one attached hydrogen (secondary N) is 1. The number of aryl methyl sites for hydroxylation is 1. The average molecular weight is 353 g/mol. The molecule has 0 bridgehead atoms. The van der Waals surface area contributed by atoms with Crippen molar-refractivity contribution in [2.45, 2.75) is 11.8 Å². The summed E-state index contributed by atoms with van der Waals surface area (Å²) in [7, 11) is -1.45. The van der Waals surface area contributed by atoms with Gasteiger partial charge in [-0.25, -0.2) is 13.9 Å². The Hall–Kier alpha value is -3.13. The standard InChI is InChI=1S/C17H15N5O2S/c1-12-17(19-16-8-5-14(23)11-21(12)16)20-25(24)15-6-3-13(4-7-15)22-10-2-9-18-22/h2-11,20,23H,1H3. The molecule has 0 spiro atoms. The summed E-state index contributed by atoms with van der Waals surface area (Å²) in [4.78, 5) is 5.05. The zero-order valence-corrected chi connectivity index (χ0v) is 14.1. The van der Waals surface area contributed by atoms with Gasteiger partial charge in [0.15, 0.2) is 16.8 Å². The zero-order valence-electron chi connectivity index (χ0n) is 13.3. The molecule has 0 saturated heterocycles. The summed E-state index contributed by atoms with van der Waals surface area (Å²) in [5.74, 6) is 0.662. The molecule has 2 N–H and O–H groups in total. The summed E-state index contributed by atoms with van der Waals surface area (Å²) >= 11 is 0. The van der Waals surface area contributed by atoms with Crippen molar-refractivity contribution >= 4 is 22.5 Å². The van der Waals surface area contributed by atoms with Crippen LogP contribution in [0.1, 0.15) is 5.69 Å². The second-order valence-electron chi connectivity index (χ2n) is 5.48. The molecule has 25 heavy (non-hydrogen) atoms. The van der Waals surface area contributed by atoms with Crippen LogP contribution >= 0.6 is 0 Å². The highest BCUT2D eigenvalue weighted by Crippen LogP contribution is 2.21. The maximum absolute atomic E-state index is 12.6. The van der Waals surface area contributed by atoms with Gasteiger partial charge in [-0.05, 0) is 49.4 Å². The zero-order chi connectivity index (χ0) is 17.4. The smallest absolute Gasteiger partial charge is 0.160 e. The number of hydrogen-bond donors (Lipinski definition) is 2. The molecule has 8 heteroatoms. The van der Waals surface area contributed by atoms with E-state index in [2.05, 4.69) is 14.8 Å². The van der Waals surface area contributed by atoms with Crippen molar-refractivity contribution in [2.24, 2.45) is 0 Å². The SMILES string of the molecule is Cc1c(NS(=O)c2ccc(-n3cccn3)cc2)nc2ccc(O)cn12. The quantitative estimate of drug-likeness (QED) is 0.591. The van der Waals surface area contributed by atoms with E-state index in [1.165, 1.54) is 0 Å². The third-order valence-corrected chi connectivity index (χ3v) is 4.93. The fourth-order valence-corrected chi connectivity index (χ4v) is 3.41. The molecule has 0 amide bonds. The van der Waals surface area contributed by atoms with Gasteiger partial charge in [0.25, 0.3) is 0 Å². The summed E-state index contributed by atoms with van der Waals surface area (Å²) in [6.07, 6.45) is 5.13. The highest BCUT2D eigenvalue weighted by molar-refractivity contribution is 7.86. The normalized spacial score (nSPS) is 12.4. The number of aromatic nitrogens is 4. The molecule has 0 fully saturated rings. The first kappa shape index (κ1) is 15.4. The lowest BCUT2D eigenvalue weighted by Crippen LogP contribution is -2.06. The second kappa shape index (κ2) is 6.06. The molecule has 1 atom stereocenters. The molecule has 3 aromatic heterocycles. The predicted molar refractivity (Wildman–Crippen MR) is 95.2 cm³/mol. The Morgan fingerprint density at radius 1 is 1.16 bits per heavy atom. The maximum atomic E-state index is 12.6.